The molecule has 4 aliphatic rings. The van der Waals surface area contributed by atoms with Gasteiger partial charge < -0.3 is 10.2 Å². The predicted octanol–water partition coefficient (Wildman–Crippen LogP) is 4.40. The second-order valence-corrected chi connectivity index (χ2v) is 10.4. The lowest BCUT2D eigenvalue weighted by Crippen LogP contribution is -2.47. The third-order valence-corrected chi connectivity index (χ3v) is 8.43. The quantitative estimate of drug-likeness (QED) is 0.718. The van der Waals surface area contributed by atoms with Crippen LogP contribution in [0.3, 0.4) is 0 Å². The molecule has 2 amide bonds. The molecule has 178 valence electrons. The zero-order valence-corrected chi connectivity index (χ0v) is 19.6. The van der Waals surface area contributed by atoms with Crippen molar-refractivity contribution < 1.29 is 14.0 Å². The highest BCUT2D eigenvalue weighted by Gasteiger charge is 2.37. The van der Waals surface area contributed by atoms with Crippen LogP contribution in [0.25, 0.3) is 11.1 Å². The lowest BCUT2D eigenvalue weighted by molar-refractivity contribution is 0.0646. The standard InChI is InChI=1S/C28H32FN3O2/c29-26-16-20(27(33)30-21-3-1-4-21)8-9-24(26)18-7-10-25-19(15-18)11-14-32(28(25)34)23-12-13-31(17-23)22-5-2-6-22/h7-10,15-16,21-23H,1-6,11-14,17H2,(H,30,33). The summed E-state index contributed by atoms with van der Waals surface area (Å²) >= 11 is 0. The van der Waals surface area contributed by atoms with E-state index in [-0.39, 0.29) is 17.9 Å². The molecule has 0 radical (unpaired) electrons. The van der Waals surface area contributed by atoms with Gasteiger partial charge in [0.2, 0.25) is 0 Å². The van der Waals surface area contributed by atoms with Crippen LogP contribution in [0.15, 0.2) is 36.4 Å². The number of hydrogen-bond donors (Lipinski definition) is 1. The van der Waals surface area contributed by atoms with Gasteiger partial charge in [-0.25, -0.2) is 4.39 Å². The molecule has 2 heterocycles. The molecule has 5 nitrogen and oxygen atoms in total. The van der Waals surface area contributed by atoms with Crippen molar-refractivity contribution in [2.24, 2.45) is 0 Å². The maximum atomic E-state index is 15.0. The zero-order valence-electron chi connectivity index (χ0n) is 19.6. The first-order valence-corrected chi connectivity index (χ1v) is 12.9. The van der Waals surface area contributed by atoms with Gasteiger partial charge in [-0.3, -0.25) is 14.5 Å². The van der Waals surface area contributed by atoms with E-state index in [2.05, 4.69) is 15.1 Å². The van der Waals surface area contributed by atoms with Gasteiger partial charge in [0.1, 0.15) is 5.82 Å². The van der Waals surface area contributed by atoms with Crippen LogP contribution >= 0.6 is 0 Å². The number of nitrogens with zero attached hydrogens (tertiary/aromatic N) is 2. The molecule has 0 bridgehead atoms. The fraction of sp³-hybridized carbons (Fsp3) is 0.500. The molecule has 3 fully saturated rings. The van der Waals surface area contributed by atoms with Crippen molar-refractivity contribution in [2.45, 2.75) is 69.5 Å². The molecule has 1 atom stereocenters. The largest absolute Gasteiger partial charge is 0.349 e. The van der Waals surface area contributed by atoms with Gasteiger partial charge >= 0.3 is 0 Å². The number of rotatable bonds is 5. The normalized spacial score (nSPS) is 23.4. The Labute approximate surface area is 200 Å². The first-order valence-electron chi connectivity index (χ1n) is 12.9. The van der Waals surface area contributed by atoms with E-state index in [9.17, 15) is 14.0 Å². The summed E-state index contributed by atoms with van der Waals surface area (Å²) in [6, 6.07) is 11.6. The molecular weight excluding hydrogens is 429 g/mol. The lowest BCUT2D eigenvalue weighted by atomic mass is 9.91. The number of amides is 2. The third-order valence-electron chi connectivity index (χ3n) is 8.43. The van der Waals surface area contributed by atoms with Gasteiger partial charge in [-0.05, 0) is 74.3 Å². The fourth-order valence-electron chi connectivity index (χ4n) is 5.84. The van der Waals surface area contributed by atoms with Gasteiger partial charge in [-0.1, -0.05) is 24.6 Å². The highest BCUT2D eigenvalue weighted by molar-refractivity contribution is 5.98. The first kappa shape index (κ1) is 21.8. The van der Waals surface area contributed by atoms with Crippen LogP contribution in [0.1, 0.15) is 71.2 Å². The summed E-state index contributed by atoms with van der Waals surface area (Å²) in [7, 11) is 0. The highest BCUT2D eigenvalue weighted by Crippen LogP contribution is 2.33. The van der Waals surface area contributed by atoms with Crippen LogP contribution in [0.5, 0.6) is 0 Å². The van der Waals surface area contributed by atoms with E-state index in [1.165, 1.54) is 25.3 Å². The number of nitrogens with one attached hydrogen (secondary N) is 1. The Morgan fingerprint density at radius 1 is 0.912 bits per heavy atom. The number of halogens is 1. The van der Waals surface area contributed by atoms with E-state index in [0.29, 0.717) is 17.2 Å². The van der Waals surface area contributed by atoms with Crippen molar-refractivity contribution in [3.63, 3.8) is 0 Å². The van der Waals surface area contributed by atoms with Crippen LogP contribution in [0.2, 0.25) is 0 Å². The van der Waals surface area contributed by atoms with E-state index in [1.54, 1.807) is 12.1 Å². The van der Waals surface area contributed by atoms with Gasteiger partial charge in [0, 0.05) is 54.5 Å². The first-order chi connectivity index (χ1) is 16.6. The Morgan fingerprint density at radius 2 is 1.71 bits per heavy atom. The summed E-state index contributed by atoms with van der Waals surface area (Å²) in [6.45, 7) is 2.82. The van der Waals surface area contributed by atoms with E-state index in [4.69, 9.17) is 0 Å². The number of carbonyl (C=O) groups is 2. The molecule has 1 N–H and O–H groups in total. The van der Waals surface area contributed by atoms with Crippen LogP contribution in [-0.2, 0) is 6.42 Å². The summed E-state index contributed by atoms with van der Waals surface area (Å²) in [5.41, 5.74) is 3.29. The molecule has 2 aliphatic carbocycles. The monoisotopic (exact) mass is 461 g/mol. The second-order valence-electron chi connectivity index (χ2n) is 10.4. The fourth-order valence-corrected chi connectivity index (χ4v) is 5.84. The Morgan fingerprint density at radius 3 is 2.41 bits per heavy atom. The molecule has 2 aromatic carbocycles. The van der Waals surface area contributed by atoms with Crippen LogP contribution < -0.4 is 5.32 Å². The molecule has 0 spiro atoms. The molecule has 2 saturated carbocycles. The summed E-state index contributed by atoms with van der Waals surface area (Å²) in [5, 5.41) is 2.96. The van der Waals surface area contributed by atoms with E-state index in [0.717, 1.165) is 74.5 Å². The Hall–Kier alpha value is -2.73. The number of fused-ring (bicyclic) bond motifs is 1. The minimum absolute atomic E-state index is 0.108. The minimum atomic E-state index is -0.410. The van der Waals surface area contributed by atoms with Gasteiger partial charge in [0.15, 0.2) is 0 Å². The van der Waals surface area contributed by atoms with Crippen molar-refractivity contribution in [1.82, 2.24) is 15.1 Å². The molecule has 2 aromatic rings. The maximum Gasteiger partial charge on any atom is 0.254 e. The van der Waals surface area contributed by atoms with Crippen molar-refractivity contribution in [3.05, 3.63) is 58.9 Å². The minimum Gasteiger partial charge on any atom is -0.349 e. The Kier molecular flexibility index (Phi) is 5.64. The van der Waals surface area contributed by atoms with Crippen molar-refractivity contribution in [1.29, 1.82) is 0 Å². The van der Waals surface area contributed by atoms with Gasteiger partial charge in [-0.15, -0.1) is 0 Å². The maximum absolute atomic E-state index is 15.0. The summed E-state index contributed by atoms with van der Waals surface area (Å²) in [4.78, 5) is 30.3. The molecule has 1 saturated heterocycles. The van der Waals surface area contributed by atoms with E-state index < -0.39 is 5.82 Å². The molecule has 2 aliphatic heterocycles. The molecule has 1 unspecified atom stereocenters. The number of likely N-dealkylation sites (tertiary alicyclic amines) is 1. The van der Waals surface area contributed by atoms with Crippen molar-refractivity contribution >= 4 is 11.8 Å². The molecular formula is C28H32FN3O2. The molecule has 6 heteroatoms. The van der Waals surface area contributed by atoms with E-state index in [1.807, 2.05) is 18.2 Å². The van der Waals surface area contributed by atoms with Crippen molar-refractivity contribution in [2.75, 3.05) is 19.6 Å². The second kappa shape index (κ2) is 8.81. The number of hydrogen-bond acceptors (Lipinski definition) is 3. The van der Waals surface area contributed by atoms with Gasteiger partial charge in [-0.2, -0.15) is 0 Å². The SMILES string of the molecule is O=C(NC1CCC1)c1ccc(-c2ccc3c(c2)CCN(C2CCN(C4CCC4)C2)C3=O)c(F)c1. The smallest absolute Gasteiger partial charge is 0.254 e. The number of carbonyl (C=O) groups excluding carboxylic acids is 2. The lowest BCUT2D eigenvalue weighted by Gasteiger charge is -2.37. The van der Waals surface area contributed by atoms with Crippen molar-refractivity contribution in [3.8, 4) is 11.1 Å². The van der Waals surface area contributed by atoms with Gasteiger partial charge in [0.05, 0.1) is 0 Å². The summed E-state index contributed by atoms with van der Waals surface area (Å²) in [6.07, 6.45) is 8.91. The van der Waals surface area contributed by atoms with Crippen LogP contribution in [-0.4, -0.2) is 59.4 Å². The number of benzene rings is 2. The highest BCUT2D eigenvalue weighted by atomic mass is 19.1. The predicted molar refractivity (Wildman–Crippen MR) is 129 cm³/mol. The molecule has 6 rings (SSSR count). The summed E-state index contributed by atoms with van der Waals surface area (Å²) in [5.74, 6) is -0.516. The Balaban J connectivity index is 1.17. The third kappa shape index (κ3) is 3.92. The molecule has 34 heavy (non-hydrogen) atoms. The van der Waals surface area contributed by atoms with Gasteiger partial charge in [0.25, 0.3) is 11.8 Å². The van der Waals surface area contributed by atoms with Crippen LogP contribution in [0, 0.1) is 5.82 Å². The average Bonchev–Trinajstić information content (AvgIpc) is 3.24. The summed E-state index contributed by atoms with van der Waals surface area (Å²) < 4.78 is 15.0. The topological polar surface area (TPSA) is 52.7 Å². The Bertz CT molecular complexity index is 1120. The average molecular weight is 462 g/mol. The van der Waals surface area contributed by atoms with E-state index >= 15 is 0 Å². The van der Waals surface area contributed by atoms with Crippen LogP contribution in [0.4, 0.5) is 4.39 Å². The zero-order chi connectivity index (χ0) is 23.2. The molecule has 0 aromatic heterocycles.